The first-order valence-electron chi connectivity index (χ1n) is 8.67. The van der Waals surface area contributed by atoms with E-state index in [0.717, 1.165) is 5.56 Å². The molecule has 0 aliphatic carbocycles. The molecule has 0 spiro atoms. The van der Waals surface area contributed by atoms with Crippen LogP contribution in [0.5, 0.6) is 0 Å². The summed E-state index contributed by atoms with van der Waals surface area (Å²) in [5, 5.41) is 2.71. The van der Waals surface area contributed by atoms with Gasteiger partial charge in [-0.25, -0.2) is 0 Å². The third-order valence-corrected chi connectivity index (χ3v) is 3.98. The molecule has 28 heavy (non-hydrogen) atoms. The van der Waals surface area contributed by atoms with Crippen molar-refractivity contribution >= 4 is 17.7 Å². The average Bonchev–Trinajstić information content (AvgIpc) is 3.27. The predicted molar refractivity (Wildman–Crippen MR) is 102 cm³/mol. The molecular weight excluding hydrogens is 358 g/mol. The smallest absolute Gasteiger partial charge is 0.305 e. The first-order valence-corrected chi connectivity index (χ1v) is 8.67. The molecule has 142 valence electrons. The van der Waals surface area contributed by atoms with Crippen molar-refractivity contribution in [3.63, 3.8) is 0 Å². The van der Waals surface area contributed by atoms with E-state index < -0.39 is 17.9 Å². The molecule has 0 aliphatic rings. The van der Waals surface area contributed by atoms with Crippen molar-refractivity contribution in [2.75, 3.05) is 0 Å². The number of rotatable bonds is 6. The van der Waals surface area contributed by atoms with E-state index in [1.807, 2.05) is 30.3 Å². The van der Waals surface area contributed by atoms with E-state index >= 15 is 0 Å². The average molecular weight is 377 g/mol. The van der Waals surface area contributed by atoms with E-state index in [2.05, 4.69) is 16.2 Å². The summed E-state index contributed by atoms with van der Waals surface area (Å²) in [4.78, 5) is 37.0. The van der Waals surface area contributed by atoms with Crippen LogP contribution in [0, 0.1) is 0 Å². The van der Waals surface area contributed by atoms with Gasteiger partial charge in [0.2, 0.25) is 0 Å². The van der Waals surface area contributed by atoms with Crippen LogP contribution >= 0.6 is 0 Å². The van der Waals surface area contributed by atoms with Gasteiger partial charge in [-0.3, -0.25) is 25.2 Å². The molecule has 0 radical (unpaired) electrons. The number of benzene rings is 2. The van der Waals surface area contributed by atoms with Crippen LogP contribution < -0.4 is 16.2 Å². The molecule has 2 aromatic carbocycles. The minimum Gasteiger partial charge on any atom is -0.459 e. The topological polar surface area (TPSA) is 100 Å². The molecule has 3 aromatic rings. The minimum absolute atomic E-state index is 0.0632. The Labute approximate surface area is 161 Å². The predicted octanol–water partition coefficient (Wildman–Crippen LogP) is 2.08. The van der Waals surface area contributed by atoms with E-state index in [9.17, 15) is 14.4 Å². The van der Waals surface area contributed by atoms with Crippen LogP contribution in [0.25, 0.3) is 0 Å². The van der Waals surface area contributed by atoms with Crippen molar-refractivity contribution < 1.29 is 18.8 Å². The fraction of sp³-hybridized carbons (Fsp3) is 0.0952. The zero-order valence-electron chi connectivity index (χ0n) is 14.9. The van der Waals surface area contributed by atoms with Gasteiger partial charge in [0.1, 0.15) is 6.04 Å². The van der Waals surface area contributed by atoms with Gasteiger partial charge in [-0.15, -0.1) is 0 Å². The Bertz CT molecular complexity index is 925. The Hall–Kier alpha value is -3.87. The largest absolute Gasteiger partial charge is 0.459 e. The minimum atomic E-state index is -0.882. The molecule has 0 aliphatic heterocycles. The second kappa shape index (κ2) is 9.18. The monoisotopic (exact) mass is 377 g/mol. The molecule has 0 fully saturated rings. The molecule has 7 nitrogen and oxygen atoms in total. The van der Waals surface area contributed by atoms with Crippen LogP contribution in [-0.4, -0.2) is 23.8 Å². The maximum Gasteiger partial charge on any atom is 0.305 e. The molecule has 7 heteroatoms. The molecule has 0 saturated heterocycles. The van der Waals surface area contributed by atoms with Crippen LogP contribution in [0.15, 0.2) is 83.5 Å². The molecule has 1 atom stereocenters. The summed E-state index contributed by atoms with van der Waals surface area (Å²) in [6.07, 6.45) is 1.62. The standard InChI is InChI=1S/C21H19N3O4/c25-19(16-10-5-2-6-11-16)22-17(14-15-8-3-1-4-9-15)20(26)23-24-21(27)18-12-7-13-28-18/h1-13,17H,14H2,(H,22,25)(H,23,26)(H,24,27)/t17-/m0/s1. The number of nitrogens with one attached hydrogen (secondary N) is 3. The number of furan rings is 1. The Morgan fingerprint density at radius 2 is 1.46 bits per heavy atom. The van der Waals surface area contributed by atoms with Crippen molar-refractivity contribution in [3.05, 3.63) is 95.9 Å². The highest BCUT2D eigenvalue weighted by Gasteiger charge is 2.23. The Morgan fingerprint density at radius 3 is 2.11 bits per heavy atom. The molecule has 0 unspecified atom stereocenters. The second-order valence-electron chi connectivity index (χ2n) is 6.00. The van der Waals surface area contributed by atoms with E-state index in [1.165, 1.54) is 12.3 Å². The van der Waals surface area contributed by atoms with Crippen LogP contribution in [0.4, 0.5) is 0 Å². The Morgan fingerprint density at radius 1 is 0.786 bits per heavy atom. The second-order valence-corrected chi connectivity index (χ2v) is 6.00. The molecular formula is C21H19N3O4. The lowest BCUT2D eigenvalue weighted by Crippen LogP contribution is -2.53. The first-order chi connectivity index (χ1) is 13.6. The molecule has 3 N–H and O–H groups in total. The van der Waals surface area contributed by atoms with E-state index in [-0.39, 0.29) is 18.1 Å². The first kappa shape index (κ1) is 18.9. The van der Waals surface area contributed by atoms with Gasteiger partial charge in [0.25, 0.3) is 11.8 Å². The number of hydrazine groups is 1. The van der Waals surface area contributed by atoms with Gasteiger partial charge in [-0.2, -0.15) is 0 Å². The number of amides is 3. The summed E-state index contributed by atoms with van der Waals surface area (Å²) in [6, 6.07) is 20.0. The lowest BCUT2D eigenvalue weighted by atomic mass is 10.0. The van der Waals surface area contributed by atoms with Gasteiger partial charge in [0.05, 0.1) is 6.26 Å². The normalized spacial score (nSPS) is 11.3. The van der Waals surface area contributed by atoms with Gasteiger partial charge in [0, 0.05) is 12.0 Å². The van der Waals surface area contributed by atoms with Crippen molar-refractivity contribution in [3.8, 4) is 0 Å². The molecule has 3 amide bonds. The Balaban J connectivity index is 1.68. The SMILES string of the molecule is O=C(N[C@@H](Cc1ccccc1)C(=O)NNC(=O)c1ccco1)c1ccccc1. The van der Waals surface area contributed by atoms with Crippen molar-refractivity contribution in [1.29, 1.82) is 0 Å². The number of hydrogen-bond donors (Lipinski definition) is 3. The van der Waals surface area contributed by atoms with E-state index in [0.29, 0.717) is 5.56 Å². The lowest BCUT2D eigenvalue weighted by Gasteiger charge is -2.19. The van der Waals surface area contributed by atoms with Gasteiger partial charge in [-0.05, 0) is 29.8 Å². The van der Waals surface area contributed by atoms with Gasteiger partial charge >= 0.3 is 5.91 Å². The zero-order valence-corrected chi connectivity index (χ0v) is 14.9. The third kappa shape index (κ3) is 5.07. The number of hydrogen-bond acceptors (Lipinski definition) is 4. The summed E-state index contributed by atoms with van der Waals surface area (Å²) in [5.41, 5.74) is 5.92. The highest BCUT2D eigenvalue weighted by molar-refractivity contribution is 5.98. The maximum absolute atomic E-state index is 12.6. The quantitative estimate of drug-likeness (QED) is 0.573. The number of carbonyl (C=O) groups is 3. The van der Waals surface area contributed by atoms with Crippen LogP contribution in [0.3, 0.4) is 0 Å². The fourth-order valence-electron chi connectivity index (χ4n) is 2.57. The molecule has 1 aromatic heterocycles. The maximum atomic E-state index is 12.6. The van der Waals surface area contributed by atoms with Crippen molar-refractivity contribution in [1.82, 2.24) is 16.2 Å². The summed E-state index contributed by atoms with van der Waals surface area (Å²) in [7, 11) is 0. The van der Waals surface area contributed by atoms with Crippen LogP contribution in [0.1, 0.15) is 26.5 Å². The fourth-order valence-corrected chi connectivity index (χ4v) is 2.57. The molecule has 3 rings (SSSR count). The van der Waals surface area contributed by atoms with E-state index in [1.54, 1.807) is 36.4 Å². The highest BCUT2D eigenvalue weighted by atomic mass is 16.3. The molecule has 0 bridgehead atoms. The van der Waals surface area contributed by atoms with Crippen molar-refractivity contribution in [2.45, 2.75) is 12.5 Å². The zero-order chi connectivity index (χ0) is 19.8. The summed E-state index contributed by atoms with van der Waals surface area (Å²) in [6.45, 7) is 0. The van der Waals surface area contributed by atoms with Gasteiger partial charge in [0.15, 0.2) is 5.76 Å². The molecule has 0 saturated carbocycles. The van der Waals surface area contributed by atoms with Crippen molar-refractivity contribution in [2.24, 2.45) is 0 Å². The molecule has 1 heterocycles. The summed E-state index contributed by atoms with van der Waals surface area (Å²) in [5.74, 6) is -1.46. The van der Waals surface area contributed by atoms with Gasteiger partial charge < -0.3 is 9.73 Å². The number of carbonyl (C=O) groups excluding carboxylic acids is 3. The highest BCUT2D eigenvalue weighted by Crippen LogP contribution is 2.06. The summed E-state index contributed by atoms with van der Waals surface area (Å²) >= 11 is 0. The van der Waals surface area contributed by atoms with E-state index in [4.69, 9.17) is 4.42 Å². The van der Waals surface area contributed by atoms with Gasteiger partial charge in [-0.1, -0.05) is 48.5 Å². The van der Waals surface area contributed by atoms with Crippen LogP contribution in [-0.2, 0) is 11.2 Å². The Kier molecular flexibility index (Phi) is 6.20. The summed E-state index contributed by atoms with van der Waals surface area (Å²) < 4.78 is 4.97. The lowest BCUT2D eigenvalue weighted by molar-refractivity contribution is -0.123. The third-order valence-electron chi connectivity index (χ3n) is 3.98. The van der Waals surface area contributed by atoms with Crippen LogP contribution in [0.2, 0.25) is 0 Å².